The molecule has 1 amide bonds. The van der Waals surface area contributed by atoms with E-state index in [2.05, 4.69) is 5.32 Å². The van der Waals surface area contributed by atoms with E-state index in [1.807, 2.05) is 0 Å². The minimum atomic E-state index is -3.74. The number of sulfone groups is 1. The summed E-state index contributed by atoms with van der Waals surface area (Å²) in [5, 5.41) is 1.76. The molecule has 2 aliphatic heterocycles. The summed E-state index contributed by atoms with van der Waals surface area (Å²) in [6.07, 6.45) is 0.470. The molecule has 10 heteroatoms. The molecule has 0 aliphatic carbocycles. The Kier molecular flexibility index (Phi) is 5.11. The van der Waals surface area contributed by atoms with Crippen molar-refractivity contribution in [1.29, 1.82) is 0 Å². The lowest BCUT2D eigenvalue weighted by atomic mass is 10.1. The molecule has 2 atom stereocenters. The van der Waals surface area contributed by atoms with Crippen molar-refractivity contribution in [1.82, 2.24) is 4.31 Å². The van der Waals surface area contributed by atoms with Crippen molar-refractivity contribution in [2.45, 2.75) is 25.0 Å². The number of carbonyl (C=O) groups excluding carboxylic acids is 1. The zero-order valence-electron chi connectivity index (χ0n) is 14.3. The molecule has 0 radical (unpaired) electrons. The van der Waals surface area contributed by atoms with Crippen LogP contribution in [-0.2, 0) is 24.7 Å². The van der Waals surface area contributed by atoms with Crippen molar-refractivity contribution in [3.05, 3.63) is 29.6 Å². The number of sulfonamides is 1. The minimum absolute atomic E-state index is 0.0326. The number of anilines is 1. The number of carbonyl (C=O) groups is 1. The summed E-state index contributed by atoms with van der Waals surface area (Å²) >= 11 is 0. The summed E-state index contributed by atoms with van der Waals surface area (Å²) < 4.78 is 62.9. The van der Waals surface area contributed by atoms with Gasteiger partial charge in [-0.15, -0.1) is 0 Å². The van der Waals surface area contributed by atoms with Gasteiger partial charge >= 0.3 is 0 Å². The van der Waals surface area contributed by atoms with Gasteiger partial charge in [0, 0.05) is 18.8 Å². The van der Waals surface area contributed by atoms with Crippen LogP contribution in [0.5, 0.6) is 0 Å². The van der Waals surface area contributed by atoms with Crippen LogP contribution in [0.2, 0.25) is 0 Å². The van der Waals surface area contributed by atoms with E-state index in [0.717, 1.165) is 0 Å². The standard InChI is InChI=1S/C16H21FN2O5S2/c1-11-8-13(2-3-15(11)17)18-16(20)12-4-6-19(9-12)26(23,24)14-5-7-25(21,22)10-14/h2-3,8,12,14H,4-7,9-10H2,1H3,(H,18,20)/t12-,14?/m0/s1. The van der Waals surface area contributed by atoms with E-state index in [1.54, 1.807) is 6.92 Å². The number of halogens is 1. The zero-order chi connectivity index (χ0) is 19.1. The van der Waals surface area contributed by atoms with Crippen molar-refractivity contribution in [2.24, 2.45) is 5.92 Å². The van der Waals surface area contributed by atoms with Gasteiger partial charge in [0.15, 0.2) is 9.84 Å². The van der Waals surface area contributed by atoms with E-state index in [0.29, 0.717) is 17.7 Å². The maximum Gasteiger partial charge on any atom is 0.228 e. The van der Waals surface area contributed by atoms with Gasteiger partial charge in [-0.25, -0.2) is 25.5 Å². The largest absolute Gasteiger partial charge is 0.326 e. The van der Waals surface area contributed by atoms with Gasteiger partial charge in [-0.05, 0) is 43.5 Å². The molecule has 3 rings (SSSR count). The van der Waals surface area contributed by atoms with Crippen LogP contribution in [0.4, 0.5) is 10.1 Å². The summed E-state index contributed by atoms with van der Waals surface area (Å²) in [7, 11) is -7.04. The second-order valence-electron chi connectivity index (χ2n) is 6.87. The monoisotopic (exact) mass is 404 g/mol. The maximum atomic E-state index is 13.3. The normalized spacial score (nSPS) is 26.1. The Labute approximate surface area is 152 Å². The molecule has 1 aromatic carbocycles. The Morgan fingerprint density at radius 1 is 1.31 bits per heavy atom. The Balaban J connectivity index is 1.64. The highest BCUT2D eigenvalue weighted by molar-refractivity contribution is 7.95. The Bertz CT molecular complexity index is 930. The van der Waals surface area contributed by atoms with Crippen molar-refractivity contribution in [2.75, 3.05) is 29.9 Å². The van der Waals surface area contributed by atoms with Crippen molar-refractivity contribution in [3.8, 4) is 0 Å². The van der Waals surface area contributed by atoms with Crippen LogP contribution in [0.15, 0.2) is 18.2 Å². The third kappa shape index (κ3) is 3.91. The van der Waals surface area contributed by atoms with E-state index in [9.17, 15) is 26.0 Å². The number of hydrogen-bond donors (Lipinski definition) is 1. The molecule has 2 aliphatic rings. The number of amides is 1. The quantitative estimate of drug-likeness (QED) is 0.804. The first-order valence-electron chi connectivity index (χ1n) is 8.35. The van der Waals surface area contributed by atoms with Crippen LogP contribution >= 0.6 is 0 Å². The minimum Gasteiger partial charge on any atom is -0.326 e. The molecule has 0 spiro atoms. The number of hydrogen-bond acceptors (Lipinski definition) is 5. The maximum absolute atomic E-state index is 13.3. The van der Waals surface area contributed by atoms with Crippen molar-refractivity contribution >= 4 is 31.5 Å². The molecule has 1 aromatic rings. The fourth-order valence-electron chi connectivity index (χ4n) is 3.35. The Morgan fingerprint density at radius 2 is 2.04 bits per heavy atom. The van der Waals surface area contributed by atoms with Gasteiger partial charge in [-0.2, -0.15) is 0 Å². The van der Waals surface area contributed by atoms with E-state index >= 15 is 0 Å². The molecule has 1 unspecified atom stereocenters. The highest BCUT2D eigenvalue weighted by Crippen LogP contribution is 2.28. The molecule has 0 bridgehead atoms. The van der Waals surface area contributed by atoms with Crippen molar-refractivity contribution in [3.63, 3.8) is 0 Å². The van der Waals surface area contributed by atoms with Gasteiger partial charge in [0.2, 0.25) is 15.9 Å². The van der Waals surface area contributed by atoms with Gasteiger partial charge in [0.05, 0.1) is 22.7 Å². The van der Waals surface area contributed by atoms with Crippen molar-refractivity contribution < 1.29 is 26.0 Å². The Morgan fingerprint density at radius 3 is 2.65 bits per heavy atom. The van der Waals surface area contributed by atoms with Gasteiger partial charge in [0.25, 0.3) is 0 Å². The van der Waals surface area contributed by atoms with E-state index < -0.39 is 31.0 Å². The highest BCUT2D eigenvalue weighted by atomic mass is 32.2. The predicted molar refractivity (Wildman–Crippen MR) is 95.4 cm³/mol. The van der Waals surface area contributed by atoms with Crippen LogP contribution in [0.1, 0.15) is 18.4 Å². The SMILES string of the molecule is Cc1cc(NC(=O)[C@H]2CCN(S(=O)(=O)C3CCS(=O)(=O)C3)C2)ccc1F. The fourth-order valence-corrected chi connectivity index (χ4v) is 7.93. The fraction of sp³-hybridized carbons (Fsp3) is 0.562. The van der Waals surface area contributed by atoms with Gasteiger partial charge < -0.3 is 5.32 Å². The van der Waals surface area contributed by atoms with E-state index in [-0.39, 0.29) is 42.7 Å². The molecule has 144 valence electrons. The summed E-state index contributed by atoms with van der Waals surface area (Å²) in [6.45, 7) is 1.81. The number of benzene rings is 1. The molecule has 2 heterocycles. The molecule has 7 nitrogen and oxygen atoms in total. The number of aryl methyl sites for hydroxylation is 1. The third-order valence-corrected chi connectivity index (χ3v) is 9.19. The van der Waals surface area contributed by atoms with E-state index in [1.165, 1.54) is 22.5 Å². The topological polar surface area (TPSA) is 101 Å². The molecular formula is C16H21FN2O5S2. The van der Waals surface area contributed by atoms with Crippen LogP contribution < -0.4 is 5.32 Å². The number of nitrogens with one attached hydrogen (secondary N) is 1. The number of rotatable bonds is 4. The Hall–Kier alpha value is -1.52. The van der Waals surface area contributed by atoms with Gasteiger partial charge in [-0.1, -0.05) is 0 Å². The lowest BCUT2D eigenvalue weighted by Crippen LogP contribution is -2.38. The van der Waals surface area contributed by atoms with Crippen LogP contribution in [0.25, 0.3) is 0 Å². The number of nitrogens with zero attached hydrogens (tertiary/aromatic N) is 1. The molecule has 2 saturated heterocycles. The second-order valence-corrected chi connectivity index (χ2v) is 11.3. The molecule has 1 N–H and O–H groups in total. The van der Waals surface area contributed by atoms with Crippen LogP contribution in [0.3, 0.4) is 0 Å². The van der Waals surface area contributed by atoms with Gasteiger partial charge in [0.1, 0.15) is 5.82 Å². The molecule has 2 fully saturated rings. The predicted octanol–water partition coefficient (Wildman–Crippen LogP) is 0.911. The average Bonchev–Trinajstić information content (AvgIpc) is 3.18. The summed E-state index contributed by atoms with van der Waals surface area (Å²) in [6, 6.07) is 4.23. The zero-order valence-corrected chi connectivity index (χ0v) is 15.9. The van der Waals surface area contributed by atoms with Crippen LogP contribution in [-0.4, -0.2) is 56.9 Å². The van der Waals surface area contributed by atoms with Crippen LogP contribution in [0, 0.1) is 18.7 Å². The first kappa shape index (κ1) is 19.2. The smallest absolute Gasteiger partial charge is 0.228 e. The first-order chi connectivity index (χ1) is 12.1. The molecule has 0 saturated carbocycles. The summed E-state index contributed by atoms with van der Waals surface area (Å²) in [5.74, 6) is -1.68. The second kappa shape index (κ2) is 6.90. The first-order valence-corrected chi connectivity index (χ1v) is 11.7. The lowest BCUT2D eigenvalue weighted by Gasteiger charge is -2.20. The summed E-state index contributed by atoms with van der Waals surface area (Å²) in [4.78, 5) is 12.4. The summed E-state index contributed by atoms with van der Waals surface area (Å²) in [5.41, 5.74) is 0.859. The third-order valence-electron chi connectivity index (χ3n) is 4.92. The van der Waals surface area contributed by atoms with Gasteiger partial charge in [-0.3, -0.25) is 4.79 Å². The highest BCUT2D eigenvalue weighted by Gasteiger charge is 2.43. The average molecular weight is 404 g/mol. The molecule has 26 heavy (non-hydrogen) atoms. The molecular weight excluding hydrogens is 383 g/mol. The van der Waals surface area contributed by atoms with E-state index in [4.69, 9.17) is 0 Å². The molecule has 0 aromatic heterocycles. The lowest BCUT2D eigenvalue weighted by molar-refractivity contribution is -0.119.